The second-order valence-corrected chi connectivity index (χ2v) is 5.46. The van der Waals surface area contributed by atoms with Crippen LogP contribution in [-0.4, -0.2) is 22.7 Å². The minimum absolute atomic E-state index is 0.197. The normalized spacial score (nSPS) is 20.4. The van der Waals surface area contributed by atoms with Crippen LogP contribution in [0.25, 0.3) is 10.9 Å². The van der Waals surface area contributed by atoms with E-state index in [4.69, 9.17) is 0 Å². The number of rotatable bonds is 4. The Morgan fingerprint density at radius 2 is 2.26 bits per heavy atom. The number of hydrogen-bond acceptors (Lipinski definition) is 2. The van der Waals surface area contributed by atoms with Crippen molar-refractivity contribution in [3.05, 3.63) is 35.5 Å². The van der Waals surface area contributed by atoms with Gasteiger partial charge >= 0.3 is 0 Å². The summed E-state index contributed by atoms with van der Waals surface area (Å²) in [6.07, 6.45) is 4.49. The predicted octanol–water partition coefficient (Wildman–Crippen LogP) is 2.91. The third kappa shape index (κ3) is 2.28. The van der Waals surface area contributed by atoms with Crippen molar-refractivity contribution in [2.45, 2.75) is 44.7 Å². The lowest BCUT2D eigenvalue weighted by Gasteiger charge is -2.27. The molecule has 1 heterocycles. The first-order valence-corrected chi connectivity index (χ1v) is 7.30. The molecule has 0 radical (unpaired) electrons. The molecular formula is C16H22N2O. The number of nitrogens with one attached hydrogen (secondary N) is 2. The van der Waals surface area contributed by atoms with Crippen LogP contribution in [0.1, 0.15) is 43.5 Å². The van der Waals surface area contributed by atoms with E-state index in [0.717, 1.165) is 19.3 Å². The van der Waals surface area contributed by atoms with Crippen LogP contribution < -0.4 is 5.32 Å². The average molecular weight is 258 g/mol. The number of hydrogen-bond donors (Lipinski definition) is 3. The van der Waals surface area contributed by atoms with E-state index in [2.05, 4.69) is 41.5 Å². The van der Waals surface area contributed by atoms with E-state index in [9.17, 15) is 5.11 Å². The number of fused-ring (bicyclic) bond motifs is 3. The van der Waals surface area contributed by atoms with Gasteiger partial charge in [-0.05, 0) is 37.3 Å². The average Bonchev–Trinajstić information content (AvgIpc) is 2.84. The number of benzene rings is 1. The van der Waals surface area contributed by atoms with Crippen LogP contribution in [0.3, 0.4) is 0 Å². The molecule has 2 atom stereocenters. The Labute approximate surface area is 114 Å². The minimum atomic E-state index is 0.197. The third-order valence-electron chi connectivity index (χ3n) is 4.26. The van der Waals surface area contributed by atoms with Crippen LogP contribution in [0.4, 0.5) is 0 Å². The molecule has 0 saturated heterocycles. The Hall–Kier alpha value is -1.32. The molecule has 3 N–H and O–H groups in total. The van der Waals surface area contributed by atoms with Gasteiger partial charge in [0, 0.05) is 28.7 Å². The summed E-state index contributed by atoms with van der Waals surface area (Å²) in [5.74, 6) is 0. The molecule has 0 aliphatic heterocycles. The molecule has 1 aromatic carbocycles. The van der Waals surface area contributed by atoms with Gasteiger partial charge < -0.3 is 15.4 Å². The highest BCUT2D eigenvalue weighted by Gasteiger charge is 2.25. The molecule has 0 spiro atoms. The number of aliphatic hydroxyl groups is 1. The maximum Gasteiger partial charge on any atom is 0.0584 e. The van der Waals surface area contributed by atoms with E-state index >= 15 is 0 Å². The van der Waals surface area contributed by atoms with Crippen molar-refractivity contribution >= 4 is 10.9 Å². The fourth-order valence-corrected chi connectivity index (χ4v) is 3.17. The third-order valence-corrected chi connectivity index (χ3v) is 4.26. The van der Waals surface area contributed by atoms with E-state index in [0.29, 0.717) is 6.04 Å². The molecule has 2 aromatic rings. The molecule has 0 bridgehead atoms. The maximum atomic E-state index is 9.37. The Morgan fingerprint density at radius 3 is 3.05 bits per heavy atom. The Balaban J connectivity index is 1.95. The zero-order valence-corrected chi connectivity index (χ0v) is 11.4. The molecule has 2 unspecified atom stereocenters. The monoisotopic (exact) mass is 258 g/mol. The van der Waals surface area contributed by atoms with Gasteiger partial charge in [-0.25, -0.2) is 0 Å². The summed E-state index contributed by atoms with van der Waals surface area (Å²) in [6, 6.07) is 9.09. The van der Waals surface area contributed by atoms with Crippen molar-refractivity contribution < 1.29 is 5.11 Å². The zero-order valence-electron chi connectivity index (χ0n) is 11.4. The van der Waals surface area contributed by atoms with Crippen LogP contribution in [0.15, 0.2) is 24.3 Å². The first-order chi connectivity index (χ1) is 9.33. The van der Waals surface area contributed by atoms with Gasteiger partial charge in [0.05, 0.1) is 6.61 Å². The predicted molar refractivity (Wildman–Crippen MR) is 78.3 cm³/mol. The molecule has 1 aromatic heterocycles. The number of aryl methyl sites for hydroxylation is 1. The summed E-state index contributed by atoms with van der Waals surface area (Å²) in [6.45, 7) is 2.32. The standard InChI is InChI=1S/C16H22N2O/c1-2-11(10-19)17-15-9-5-7-13-12-6-3-4-8-14(12)18-16(13)15/h3-4,6,8,11,15,17-19H,2,5,7,9-10H2,1H3. The van der Waals surface area contributed by atoms with Crippen LogP contribution in [0, 0.1) is 0 Å². The number of para-hydroxylation sites is 1. The summed E-state index contributed by atoms with van der Waals surface area (Å²) in [5, 5.41) is 14.3. The summed E-state index contributed by atoms with van der Waals surface area (Å²) < 4.78 is 0. The zero-order chi connectivity index (χ0) is 13.2. The second-order valence-electron chi connectivity index (χ2n) is 5.46. The van der Waals surface area contributed by atoms with Gasteiger partial charge in [0.15, 0.2) is 0 Å². The Kier molecular flexibility index (Phi) is 3.58. The summed E-state index contributed by atoms with van der Waals surface area (Å²) in [5.41, 5.74) is 4.03. The van der Waals surface area contributed by atoms with E-state index in [1.165, 1.54) is 28.6 Å². The van der Waals surface area contributed by atoms with Gasteiger partial charge in [0.1, 0.15) is 0 Å². The van der Waals surface area contributed by atoms with E-state index in [-0.39, 0.29) is 12.6 Å². The minimum Gasteiger partial charge on any atom is -0.395 e. The topological polar surface area (TPSA) is 48.0 Å². The Bertz CT molecular complexity index is 557. The van der Waals surface area contributed by atoms with Crippen LogP contribution in [0.2, 0.25) is 0 Å². The van der Waals surface area contributed by atoms with Crippen molar-refractivity contribution in [3.63, 3.8) is 0 Å². The van der Waals surface area contributed by atoms with Crippen molar-refractivity contribution in [2.24, 2.45) is 0 Å². The molecule has 102 valence electrons. The van der Waals surface area contributed by atoms with Crippen molar-refractivity contribution in [2.75, 3.05) is 6.61 Å². The molecule has 1 aliphatic carbocycles. The number of aromatic amines is 1. The summed E-state index contributed by atoms with van der Waals surface area (Å²) in [7, 11) is 0. The fraction of sp³-hybridized carbons (Fsp3) is 0.500. The van der Waals surface area contributed by atoms with Crippen molar-refractivity contribution in [1.82, 2.24) is 10.3 Å². The molecule has 19 heavy (non-hydrogen) atoms. The highest BCUT2D eigenvalue weighted by Crippen LogP contribution is 2.34. The molecule has 0 saturated carbocycles. The van der Waals surface area contributed by atoms with Crippen molar-refractivity contribution in [3.8, 4) is 0 Å². The quantitative estimate of drug-likeness (QED) is 0.789. The molecule has 0 fully saturated rings. The maximum absolute atomic E-state index is 9.37. The van der Waals surface area contributed by atoms with Gasteiger partial charge in [-0.15, -0.1) is 0 Å². The van der Waals surface area contributed by atoms with E-state index < -0.39 is 0 Å². The highest BCUT2D eigenvalue weighted by molar-refractivity contribution is 5.85. The summed E-state index contributed by atoms with van der Waals surface area (Å²) >= 11 is 0. The van der Waals surface area contributed by atoms with Gasteiger partial charge in [-0.3, -0.25) is 0 Å². The van der Waals surface area contributed by atoms with Crippen LogP contribution >= 0.6 is 0 Å². The first kappa shape index (κ1) is 12.7. The lowest BCUT2D eigenvalue weighted by molar-refractivity contribution is 0.222. The molecule has 0 amide bonds. The fourth-order valence-electron chi connectivity index (χ4n) is 3.17. The molecule has 3 heteroatoms. The van der Waals surface area contributed by atoms with Gasteiger partial charge in [-0.2, -0.15) is 0 Å². The highest BCUT2D eigenvalue weighted by atomic mass is 16.3. The number of H-pyrrole nitrogens is 1. The van der Waals surface area contributed by atoms with Crippen LogP contribution in [0.5, 0.6) is 0 Å². The molecule has 3 rings (SSSR count). The van der Waals surface area contributed by atoms with E-state index in [1.807, 2.05) is 0 Å². The summed E-state index contributed by atoms with van der Waals surface area (Å²) in [4.78, 5) is 3.58. The van der Waals surface area contributed by atoms with Crippen LogP contribution in [-0.2, 0) is 6.42 Å². The number of aromatic nitrogens is 1. The first-order valence-electron chi connectivity index (χ1n) is 7.30. The largest absolute Gasteiger partial charge is 0.395 e. The van der Waals surface area contributed by atoms with Gasteiger partial charge in [-0.1, -0.05) is 25.1 Å². The lowest BCUT2D eigenvalue weighted by Crippen LogP contribution is -2.36. The lowest BCUT2D eigenvalue weighted by atomic mass is 9.91. The second kappa shape index (κ2) is 5.35. The SMILES string of the molecule is CCC(CO)NC1CCCc2c1[nH]c1ccccc21. The van der Waals surface area contributed by atoms with Gasteiger partial charge in [0.2, 0.25) is 0 Å². The van der Waals surface area contributed by atoms with Crippen molar-refractivity contribution in [1.29, 1.82) is 0 Å². The molecule has 3 nitrogen and oxygen atoms in total. The Morgan fingerprint density at radius 1 is 1.42 bits per heavy atom. The molecular weight excluding hydrogens is 236 g/mol. The van der Waals surface area contributed by atoms with E-state index in [1.54, 1.807) is 0 Å². The smallest absolute Gasteiger partial charge is 0.0584 e. The molecule has 1 aliphatic rings. The van der Waals surface area contributed by atoms with Gasteiger partial charge in [0.25, 0.3) is 0 Å². The number of aliphatic hydroxyl groups excluding tert-OH is 1.